The first kappa shape index (κ1) is 14.1. The molecule has 0 unspecified atom stereocenters. The number of nitrogens with two attached hydrogens (primary N) is 1. The number of nitrogen functional groups attached to an aromatic ring is 1. The number of thioether (sulfide) groups is 1. The zero-order chi connectivity index (χ0) is 12.7. The number of hydrogen-bond donors (Lipinski definition) is 2. The highest BCUT2D eigenvalue weighted by Gasteiger charge is 2.04. The fraction of sp³-hybridized carbons (Fsp3) is 0.636. The Labute approximate surface area is 107 Å². The first-order valence-corrected chi connectivity index (χ1v) is 6.90. The number of anilines is 1. The summed E-state index contributed by atoms with van der Waals surface area (Å²) in [6.45, 7) is 5.08. The van der Waals surface area contributed by atoms with Gasteiger partial charge in [0.1, 0.15) is 5.82 Å². The summed E-state index contributed by atoms with van der Waals surface area (Å²) in [4.78, 5) is 8.41. The maximum atomic E-state index is 5.58. The van der Waals surface area contributed by atoms with Gasteiger partial charge in [-0.3, -0.25) is 0 Å². The number of nitrogens with zero attached hydrogens (tertiary/aromatic N) is 2. The molecule has 0 amide bonds. The summed E-state index contributed by atoms with van der Waals surface area (Å²) in [6.07, 6.45) is 4.10. The first-order chi connectivity index (χ1) is 8.15. The van der Waals surface area contributed by atoms with Crippen LogP contribution >= 0.6 is 11.8 Å². The Morgan fingerprint density at radius 2 is 2.24 bits per heavy atom. The third kappa shape index (κ3) is 5.23. The molecule has 0 atom stereocenters. The SMILES string of the molecule is CSc1nc(NN)cc(OCCCC(C)C)n1. The molecule has 1 aromatic heterocycles. The molecule has 0 spiro atoms. The second kappa shape index (κ2) is 7.34. The highest BCUT2D eigenvalue weighted by atomic mass is 32.2. The molecule has 1 rings (SSSR count). The van der Waals surface area contributed by atoms with Gasteiger partial charge in [-0.2, -0.15) is 4.98 Å². The van der Waals surface area contributed by atoms with E-state index >= 15 is 0 Å². The third-order valence-corrected chi connectivity index (χ3v) is 2.74. The number of hydrogen-bond acceptors (Lipinski definition) is 6. The van der Waals surface area contributed by atoms with Gasteiger partial charge in [-0.05, 0) is 25.0 Å². The lowest BCUT2D eigenvalue weighted by Crippen LogP contribution is -2.10. The molecular formula is C11H20N4OS. The van der Waals surface area contributed by atoms with Crippen molar-refractivity contribution in [3.63, 3.8) is 0 Å². The van der Waals surface area contributed by atoms with E-state index in [2.05, 4.69) is 29.2 Å². The van der Waals surface area contributed by atoms with Crippen molar-refractivity contribution in [2.24, 2.45) is 11.8 Å². The summed E-state index contributed by atoms with van der Waals surface area (Å²) >= 11 is 1.46. The molecule has 0 aliphatic carbocycles. The molecule has 0 aliphatic heterocycles. The van der Waals surface area contributed by atoms with Gasteiger partial charge in [0.15, 0.2) is 5.16 Å². The number of rotatable bonds is 7. The van der Waals surface area contributed by atoms with E-state index in [-0.39, 0.29) is 0 Å². The second-order valence-electron chi connectivity index (χ2n) is 4.11. The van der Waals surface area contributed by atoms with Crippen LogP contribution in [0, 0.1) is 5.92 Å². The normalized spacial score (nSPS) is 10.6. The highest BCUT2D eigenvalue weighted by Crippen LogP contribution is 2.18. The quantitative estimate of drug-likeness (QED) is 0.256. The largest absolute Gasteiger partial charge is 0.478 e. The van der Waals surface area contributed by atoms with Gasteiger partial charge in [-0.15, -0.1) is 0 Å². The van der Waals surface area contributed by atoms with E-state index in [1.165, 1.54) is 11.8 Å². The van der Waals surface area contributed by atoms with E-state index in [4.69, 9.17) is 10.6 Å². The highest BCUT2D eigenvalue weighted by molar-refractivity contribution is 7.98. The van der Waals surface area contributed by atoms with E-state index < -0.39 is 0 Å². The minimum Gasteiger partial charge on any atom is -0.478 e. The maximum Gasteiger partial charge on any atom is 0.219 e. The fourth-order valence-electron chi connectivity index (χ4n) is 1.31. The topological polar surface area (TPSA) is 73.1 Å². The Bertz CT molecular complexity index is 324. The summed E-state index contributed by atoms with van der Waals surface area (Å²) in [5.74, 6) is 7.18. The van der Waals surface area contributed by atoms with Gasteiger partial charge in [-0.25, -0.2) is 10.8 Å². The smallest absolute Gasteiger partial charge is 0.219 e. The molecule has 0 aromatic carbocycles. The average molecular weight is 256 g/mol. The standard InChI is InChI=1S/C11H20N4OS/c1-8(2)5-4-6-16-10-7-9(15-12)13-11(14-10)17-3/h7-8H,4-6,12H2,1-3H3,(H,13,14,15). The molecule has 0 radical (unpaired) electrons. The van der Waals surface area contributed by atoms with Crippen molar-refractivity contribution in [1.82, 2.24) is 9.97 Å². The Balaban J connectivity index is 2.51. The second-order valence-corrected chi connectivity index (χ2v) is 4.88. The molecule has 1 aromatic rings. The lowest BCUT2D eigenvalue weighted by Gasteiger charge is -2.09. The molecule has 0 saturated heterocycles. The first-order valence-electron chi connectivity index (χ1n) is 5.68. The van der Waals surface area contributed by atoms with Crippen LogP contribution in [0.15, 0.2) is 11.2 Å². The summed E-state index contributed by atoms with van der Waals surface area (Å²) in [6, 6.07) is 1.70. The summed E-state index contributed by atoms with van der Waals surface area (Å²) in [5, 5.41) is 0.652. The minimum absolute atomic E-state index is 0.570. The number of hydrazine groups is 1. The van der Waals surface area contributed by atoms with Crippen LogP contribution in [-0.2, 0) is 0 Å². The molecule has 1 heterocycles. The van der Waals surface area contributed by atoms with Crippen LogP contribution in [0.5, 0.6) is 5.88 Å². The zero-order valence-corrected chi connectivity index (χ0v) is 11.4. The molecule has 96 valence electrons. The number of nitrogens with one attached hydrogen (secondary N) is 1. The van der Waals surface area contributed by atoms with Crippen LogP contribution in [0.4, 0.5) is 5.82 Å². The molecule has 6 heteroatoms. The van der Waals surface area contributed by atoms with Gasteiger partial charge >= 0.3 is 0 Å². The Morgan fingerprint density at radius 3 is 2.82 bits per heavy atom. The summed E-state index contributed by atoms with van der Waals surface area (Å²) in [5.41, 5.74) is 2.51. The van der Waals surface area contributed by atoms with Crippen molar-refractivity contribution in [2.75, 3.05) is 18.3 Å². The number of aromatic nitrogens is 2. The van der Waals surface area contributed by atoms with Crippen molar-refractivity contribution in [2.45, 2.75) is 31.8 Å². The lowest BCUT2D eigenvalue weighted by molar-refractivity contribution is 0.284. The minimum atomic E-state index is 0.570. The molecule has 0 saturated carbocycles. The predicted molar refractivity (Wildman–Crippen MR) is 71.2 cm³/mol. The Morgan fingerprint density at radius 1 is 1.47 bits per heavy atom. The Kier molecular flexibility index (Phi) is 6.07. The fourth-order valence-corrected chi connectivity index (χ4v) is 1.68. The van der Waals surface area contributed by atoms with Gasteiger partial charge in [0.25, 0.3) is 0 Å². The predicted octanol–water partition coefficient (Wildman–Crippen LogP) is 2.30. The molecule has 5 nitrogen and oxygen atoms in total. The van der Waals surface area contributed by atoms with Crippen molar-refractivity contribution >= 4 is 17.6 Å². The molecule has 0 bridgehead atoms. The summed E-state index contributed by atoms with van der Waals surface area (Å²) in [7, 11) is 0. The average Bonchev–Trinajstić information content (AvgIpc) is 2.34. The lowest BCUT2D eigenvalue weighted by atomic mass is 10.1. The van der Waals surface area contributed by atoms with Gasteiger partial charge in [0.05, 0.1) is 6.61 Å². The van der Waals surface area contributed by atoms with Crippen LogP contribution in [-0.4, -0.2) is 22.8 Å². The van der Waals surface area contributed by atoms with Crippen LogP contribution < -0.4 is 16.0 Å². The van der Waals surface area contributed by atoms with Crippen LogP contribution in [0.1, 0.15) is 26.7 Å². The summed E-state index contributed by atoms with van der Waals surface area (Å²) < 4.78 is 5.58. The molecule has 3 N–H and O–H groups in total. The van der Waals surface area contributed by atoms with Crippen molar-refractivity contribution < 1.29 is 4.74 Å². The zero-order valence-electron chi connectivity index (χ0n) is 10.6. The van der Waals surface area contributed by atoms with Gasteiger partial charge < -0.3 is 10.2 Å². The van der Waals surface area contributed by atoms with Crippen LogP contribution in [0.3, 0.4) is 0 Å². The third-order valence-electron chi connectivity index (χ3n) is 2.19. The van der Waals surface area contributed by atoms with Crippen LogP contribution in [0.25, 0.3) is 0 Å². The van der Waals surface area contributed by atoms with Gasteiger partial charge in [0.2, 0.25) is 5.88 Å². The van der Waals surface area contributed by atoms with E-state index in [0.29, 0.717) is 29.4 Å². The van der Waals surface area contributed by atoms with Gasteiger partial charge in [0, 0.05) is 6.07 Å². The van der Waals surface area contributed by atoms with E-state index in [1.807, 2.05) is 6.26 Å². The van der Waals surface area contributed by atoms with E-state index in [1.54, 1.807) is 6.07 Å². The van der Waals surface area contributed by atoms with E-state index in [0.717, 1.165) is 12.8 Å². The molecule has 17 heavy (non-hydrogen) atoms. The van der Waals surface area contributed by atoms with Crippen molar-refractivity contribution in [3.8, 4) is 5.88 Å². The van der Waals surface area contributed by atoms with Crippen LogP contribution in [0.2, 0.25) is 0 Å². The molecule has 0 aliphatic rings. The maximum absolute atomic E-state index is 5.58. The Hall–Kier alpha value is -1.01. The van der Waals surface area contributed by atoms with E-state index in [9.17, 15) is 0 Å². The monoisotopic (exact) mass is 256 g/mol. The number of ether oxygens (including phenoxy) is 1. The van der Waals surface area contributed by atoms with Gasteiger partial charge in [-0.1, -0.05) is 25.6 Å². The van der Waals surface area contributed by atoms with Crippen molar-refractivity contribution in [3.05, 3.63) is 6.07 Å². The van der Waals surface area contributed by atoms with Crippen molar-refractivity contribution in [1.29, 1.82) is 0 Å². The molecular weight excluding hydrogens is 236 g/mol. The molecule has 0 fully saturated rings.